The van der Waals surface area contributed by atoms with E-state index in [4.69, 9.17) is 9.47 Å². The zero-order chi connectivity index (χ0) is 14.8. The summed E-state index contributed by atoms with van der Waals surface area (Å²) in [6.45, 7) is 9.78. The highest BCUT2D eigenvalue weighted by Crippen LogP contribution is 2.25. The van der Waals surface area contributed by atoms with Gasteiger partial charge in [0.25, 0.3) is 0 Å². The third kappa shape index (κ3) is 5.93. The van der Waals surface area contributed by atoms with Crippen molar-refractivity contribution in [1.82, 2.24) is 5.32 Å². The summed E-state index contributed by atoms with van der Waals surface area (Å²) in [5.41, 5.74) is 3.76. The predicted octanol–water partition coefficient (Wildman–Crippen LogP) is 3.61. The van der Waals surface area contributed by atoms with Crippen LogP contribution < -0.4 is 10.1 Å². The third-order valence-corrected chi connectivity index (χ3v) is 3.33. The fourth-order valence-corrected chi connectivity index (χ4v) is 2.30. The summed E-state index contributed by atoms with van der Waals surface area (Å²) < 4.78 is 11.0. The van der Waals surface area contributed by atoms with Crippen molar-refractivity contribution in [2.24, 2.45) is 0 Å². The van der Waals surface area contributed by atoms with E-state index in [1.165, 1.54) is 29.5 Å². The lowest BCUT2D eigenvalue weighted by Gasteiger charge is -2.14. The van der Waals surface area contributed by atoms with Gasteiger partial charge in [-0.2, -0.15) is 0 Å². The number of methoxy groups -OCH3 is 1. The SMILES string of the molecule is CCCCCOc1c(C)cc(CNCCOC)cc1C. The number of hydrogen-bond donors (Lipinski definition) is 1. The molecule has 0 atom stereocenters. The first-order valence-electron chi connectivity index (χ1n) is 7.61. The number of rotatable bonds is 10. The second kappa shape index (κ2) is 9.78. The minimum absolute atomic E-state index is 0.747. The van der Waals surface area contributed by atoms with Crippen LogP contribution in [-0.4, -0.2) is 26.9 Å². The molecule has 0 saturated carbocycles. The molecule has 0 fully saturated rings. The maximum atomic E-state index is 5.93. The van der Waals surface area contributed by atoms with Crippen LogP contribution in [0.4, 0.5) is 0 Å². The molecule has 1 aromatic carbocycles. The largest absolute Gasteiger partial charge is 0.493 e. The fourth-order valence-electron chi connectivity index (χ4n) is 2.30. The quantitative estimate of drug-likeness (QED) is 0.664. The molecule has 0 radical (unpaired) electrons. The maximum Gasteiger partial charge on any atom is 0.125 e. The van der Waals surface area contributed by atoms with Crippen molar-refractivity contribution in [2.45, 2.75) is 46.6 Å². The Morgan fingerprint density at radius 2 is 1.75 bits per heavy atom. The van der Waals surface area contributed by atoms with Crippen LogP contribution in [0.1, 0.15) is 42.9 Å². The average Bonchev–Trinajstić information content (AvgIpc) is 2.42. The Balaban J connectivity index is 2.52. The van der Waals surface area contributed by atoms with Gasteiger partial charge >= 0.3 is 0 Å². The molecule has 0 amide bonds. The van der Waals surface area contributed by atoms with Crippen molar-refractivity contribution < 1.29 is 9.47 Å². The van der Waals surface area contributed by atoms with Crippen LogP contribution in [0.2, 0.25) is 0 Å². The van der Waals surface area contributed by atoms with Crippen molar-refractivity contribution >= 4 is 0 Å². The topological polar surface area (TPSA) is 30.5 Å². The van der Waals surface area contributed by atoms with E-state index in [2.05, 4.69) is 38.2 Å². The Bertz CT molecular complexity index is 368. The molecule has 1 aromatic rings. The predicted molar refractivity (Wildman–Crippen MR) is 84.5 cm³/mol. The molecule has 0 bridgehead atoms. The number of ether oxygens (including phenoxy) is 2. The normalized spacial score (nSPS) is 10.8. The lowest BCUT2D eigenvalue weighted by Crippen LogP contribution is -2.18. The fraction of sp³-hybridized carbons (Fsp3) is 0.647. The molecule has 20 heavy (non-hydrogen) atoms. The van der Waals surface area contributed by atoms with E-state index >= 15 is 0 Å². The Morgan fingerprint density at radius 1 is 1.05 bits per heavy atom. The molecule has 0 aromatic heterocycles. The van der Waals surface area contributed by atoms with Crippen LogP contribution in [-0.2, 0) is 11.3 Å². The lowest BCUT2D eigenvalue weighted by molar-refractivity contribution is 0.199. The number of unbranched alkanes of at least 4 members (excludes halogenated alkanes) is 2. The minimum Gasteiger partial charge on any atom is -0.493 e. The molecule has 1 N–H and O–H groups in total. The maximum absolute atomic E-state index is 5.93. The zero-order valence-electron chi connectivity index (χ0n) is 13.4. The number of nitrogens with one attached hydrogen (secondary N) is 1. The van der Waals surface area contributed by atoms with Gasteiger partial charge in [0.1, 0.15) is 5.75 Å². The van der Waals surface area contributed by atoms with Gasteiger partial charge in [0, 0.05) is 20.2 Å². The van der Waals surface area contributed by atoms with Gasteiger partial charge < -0.3 is 14.8 Å². The highest BCUT2D eigenvalue weighted by Gasteiger charge is 2.06. The Labute approximate surface area is 123 Å². The van der Waals surface area contributed by atoms with Crippen molar-refractivity contribution in [3.63, 3.8) is 0 Å². The molecule has 3 heteroatoms. The summed E-state index contributed by atoms with van der Waals surface area (Å²) in [5, 5.41) is 3.37. The number of benzene rings is 1. The van der Waals surface area contributed by atoms with Gasteiger partial charge in [0.2, 0.25) is 0 Å². The van der Waals surface area contributed by atoms with Gasteiger partial charge in [0.15, 0.2) is 0 Å². The van der Waals surface area contributed by atoms with Gasteiger partial charge in [-0.15, -0.1) is 0 Å². The van der Waals surface area contributed by atoms with E-state index in [-0.39, 0.29) is 0 Å². The molecule has 0 aliphatic rings. The Kier molecular flexibility index (Phi) is 8.31. The first-order chi connectivity index (χ1) is 9.69. The molecule has 0 saturated heterocycles. The summed E-state index contributed by atoms with van der Waals surface area (Å²) >= 11 is 0. The van der Waals surface area contributed by atoms with Gasteiger partial charge in [-0.1, -0.05) is 31.9 Å². The smallest absolute Gasteiger partial charge is 0.125 e. The molecular formula is C17H29NO2. The summed E-state index contributed by atoms with van der Waals surface area (Å²) in [7, 11) is 1.72. The second-order valence-electron chi connectivity index (χ2n) is 5.28. The van der Waals surface area contributed by atoms with E-state index in [0.717, 1.165) is 38.5 Å². The Morgan fingerprint density at radius 3 is 2.35 bits per heavy atom. The molecule has 1 rings (SSSR count). The number of aryl methyl sites for hydroxylation is 2. The van der Waals surface area contributed by atoms with Crippen LogP contribution in [0, 0.1) is 13.8 Å². The van der Waals surface area contributed by atoms with Crippen LogP contribution in [0.3, 0.4) is 0 Å². The van der Waals surface area contributed by atoms with Crippen molar-refractivity contribution in [3.05, 3.63) is 28.8 Å². The van der Waals surface area contributed by atoms with Gasteiger partial charge in [0.05, 0.1) is 13.2 Å². The van der Waals surface area contributed by atoms with E-state index in [1.807, 2.05) is 0 Å². The molecule has 3 nitrogen and oxygen atoms in total. The molecule has 0 heterocycles. The molecule has 0 spiro atoms. The van der Waals surface area contributed by atoms with E-state index in [9.17, 15) is 0 Å². The van der Waals surface area contributed by atoms with Gasteiger partial charge in [-0.05, 0) is 37.0 Å². The molecule has 0 aliphatic heterocycles. The van der Waals surface area contributed by atoms with Crippen molar-refractivity contribution in [2.75, 3.05) is 26.9 Å². The molecular weight excluding hydrogens is 250 g/mol. The van der Waals surface area contributed by atoms with Gasteiger partial charge in [-0.3, -0.25) is 0 Å². The second-order valence-corrected chi connectivity index (χ2v) is 5.28. The van der Waals surface area contributed by atoms with E-state index < -0.39 is 0 Å². The van der Waals surface area contributed by atoms with E-state index in [1.54, 1.807) is 7.11 Å². The average molecular weight is 279 g/mol. The molecule has 114 valence electrons. The summed E-state index contributed by atoms with van der Waals surface area (Å²) in [6, 6.07) is 4.42. The van der Waals surface area contributed by atoms with E-state index in [0.29, 0.717) is 0 Å². The Hall–Kier alpha value is -1.06. The van der Waals surface area contributed by atoms with Gasteiger partial charge in [-0.25, -0.2) is 0 Å². The third-order valence-electron chi connectivity index (χ3n) is 3.33. The summed E-state index contributed by atoms with van der Waals surface area (Å²) in [4.78, 5) is 0. The van der Waals surface area contributed by atoms with Crippen molar-refractivity contribution in [1.29, 1.82) is 0 Å². The minimum atomic E-state index is 0.747. The van der Waals surface area contributed by atoms with Crippen molar-refractivity contribution in [3.8, 4) is 5.75 Å². The summed E-state index contributed by atoms with van der Waals surface area (Å²) in [6.07, 6.45) is 3.60. The van der Waals surface area contributed by atoms with Crippen LogP contribution in [0.25, 0.3) is 0 Å². The first-order valence-corrected chi connectivity index (χ1v) is 7.61. The zero-order valence-corrected chi connectivity index (χ0v) is 13.4. The van der Waals surface area contributed by atoms with Crippen LogP contribution >= 0.6 is 0 Å². The highest BCUT2D eigenvalue weighted by molar-refractivity contribution is 5.43. The van der Waals surface area contributed by atoms with Crippen LogP contribution in [0.5, 0.6) is 5.75 Å². The standard InChI is InChI=1S/C17H29NO2/c1-5-6-7-9-20-17-14(2)11-16(12-15(17)3)13-18-8-10-19-4/h11-12,18H,5-10,13H2,1-4H3. The molecule has 0 aliphatic carbocycles. The monoisotopic (exact) mass is 279 g/mol. The number of hydrogen-bond acceptors (Lipinski definition) is 3. The molecule has 0 unspecified atom stereocenters. The lowest BCUT2D eigenvalue weighted by atomic mass is 10.1. The first kappa shape index (κ1) is 17.0. The highest BCUT2D eigenvalue weighted by atomic mass is 16.5. The van der Waals surface area contributed by atoms with Crippen LogP contribution in [0.15, 0.2) is 12.1 Å². The summed E-state index contributed by atoms with van der Waals surface area (Å²) in [5.74, 6) is 1.06.